The summed E-state index contributed by atoms with van der Waals surface area (Å²) in [4.78, 5) is 11.7. The molecule has 1 aliphatic carbocycles. The van der Waals surface area contributed by atoms with Gasteiger partial charge >= 0.3 is 0 Å². The second-order valence-electron chi connectivity index (χ2n) is 5.45. The molecule has 0 spiro atoms. The molecule has 0 radical (unpaired) electrons. The van der Waals surface area contributed by atoms with Gasteiger partial charge in [-0.1, -0.05) is 48.6 Å². The van der Waals surface area contributed by atoms with Crippen molar-refractivity contribution >= 4 is 11.6 Å². The maximum absolute atomic E-state index is 11.7. The molecule has 0 saturated heterocycles. The number of rotatable bonds is 5. The molecule has 25 heavy (non-hydrogen) atoms. The minimum absolute atomic E-state index is 0.0817. The van der Waals surface area contributed by atoms with Gasteiger partial charge in [-0.3, -0.25) is 4.79 Å². The first-order chi connectivity index (χ1) is 12.3. The average Bonchev–Trinajstić information content (AvgIpc) is 2.69. The Morgan fingerprint density at radius 2 is 1.72 bits per heavy atom. The first-order valence-corrected chi connectivity index (χ1v) is 8.29. The van der Waals surface area contributed by atoms with Crippen LogP contribution in [-0.4, -0.2) is 19.7 Å². The van der Waals surface area contributed by atoms with E-state index in [4.69, 9.17) is 4.74 Å². The number of allylic oxidation sites excluding steroid dienone is 4. The molecular formula is C21H24N2O2. The summed E-state index contributed by atoms with van der Waals surface area (Å²) in [5.41, 5.74) is 2.75. The lowest BCUT2D eigenvalue weighted by Gasteiger charge is -2.10. The molecule has 4 heteroatoms. The van der Waals surface area contributed by atoms with Gasteiger partial charge in [-0.05, 0) is 43.2 Å². The summed E-state index contributed by atoms with van der Waals surface area (Å²) in [7, 11) is 1.69. The van der Waals surface area contributed by atoms with Crippen LogP contribution in [0, 0.1) is 0 Å². The molecule has 0 saturated carbocycles. The quantitative estimate of drug-likeness (QED) is 0.798. The molecule has 0 aromatic heterocycles. The van der Waals surface area contributed by atoms with Crippen molar-refractivity contribution in [3.05, 3.63) is 90.2 Å². The number of para-hydroxylation sites is 1. The number of methoxy groups -OCH3 is 1. The van der Waals surface area contributed by atoms with Crippen molar-refractivity contribution in [3.63, 3.8) is 0 Å². The summed E-state index contributed by atoms with van der Waals surface area (Å²) in [5.74, 6) is -0.0817. The van der Waals surface area contributed by atoms with Gasteiger partial charge in [-0.15, -0.1) is 0 Å². The van der Waals surface area contributed by atoms with Crippen LogP contribution >= 0.6 is 0 Å². The number of amides is 1. The molecule has 2 aromatic rings. The van der Waals surface area contributed by atoms with Crippen LogP contribution < -0.4 is 10.6 Å². The molecule has 0 atom stereocenters. The number of ether oxygens (including phenoxy) is 1. The summed E-state index contributed by atoms with van der Waals surface area (Å²) in [6, 6.07) is 18.6. The fraction of sp³-hybridized carbons (Fsp3) is 0.190. The second-order valence-corrected chi connectivity index (χ2v) is 5.45. The Hall–Kier alpha value is -2.85. The second kappa shape index (κ2) is 10.8. The van der Waals surface area contributed by atoms with Crippen molar-refractivity contribution in [2.24, 2.45) is 0 Å². The summed E-state index contributed by atoms with van der Waals surface area (Å²) in [6.45, 7) is 0.611. The Kier molecular flexibility index (Phi) is 8.01. The summed E-state index contributed by atoms with van der Waals surface area (Å²) in [5, 5.41) is 5.98. The fourth-order valence-corrected chi connectivity index (χ4v) is 2.23. The molecule has 130 valence electrons. The van der Waals surface area contributed by atoms with E-state index in [1.54, 1.807) is 19.2 Å². The first kappa shape index (κ1) is 18.5. The van der Waals surface area contributed by atoms with Crippen LogP contribution in [0.3, 0.4) is 0 Å². The number of carbonyl (C=O) groups is 1. The monoisotopic (exact) mass is 336 g/mol. The van der Waals surface area contributed by atoms with Crippen molar-refractivity contribution < 1.29 is 9.53 Å². The topological polar surface area (TPSA) is 50.4 Å². The first-order valence-electron chi connectivity index (χ1n) is 8.29. The molecular weight excluding hydrogens is 312 g/mol. The Morgan fingerprint density at radius 1 is 1.04 bits per heavy atom. The third kappa shape index (κ3) is 7.06. The van der Waals surface area contributed by atoms with Crippen molar-refractivity contribution in [1.29, 1.82) is 0 Å². The van der Waals surface area contributed by atoms with Crippen molar-refractivity contribution in [2.75, 3.05) is 19.2 Å². The van der Waals surface area contributed by atoms with Gasteiger partial charge in [0.15, 0.2) is 0 Å². The molecule has 0 heterocycles. The molecule has 2 N–H and O–H groups in total. The van der Waals surface area contributed by atoms with Gasteiger partial charge in [0.05, 0.1) is 0 Å². The normalized spacial score (nSPS) is 12.4. The van der Waals surface area contributed by atoms with Crippen LogP contribution in [0.15, 0.2) is 84.6 Å². The molecule has 4 nitrogen and oxygen atoms in total. The maximum atomic E-state index is 11.7. The summed E-state index contributed by atoms with van der Waals surface area (Å²) >= 11 is 0. The predicted octanol–water partition coefficient (Wildman–Crippen LogP) is 4.35. The molecule has 1 amide bonds. The lowest BCUT2D eigenvalue weighted by atomic mass is 10.1. The minimum atomic E-state index is -0.0817. The van der Waals surface area contributed by atoms with Crippen LogP contribution in [0.4, 0.5) is 5.69 Å². The van der Waals surface area contributed by atoms with Crippen molar-refractivity contribution in [2.45, 2.75) is 12.8 Å². The zero-order valence-electron chi connectivity index (χ0n) is 14.4. The minimum Gasteiger partial charge on any atom is -0.366 e. The van der Waals surface area contributed by atoms with Crippen LogP contribution in [-0.2, 0) is 4.74 Å². The zero-order chi connectivity index (χ0) is 17.7. The summed E-state index contributed by atoms with van der Waals surface area (Å²) < 4.78 is 4.87. The fourth-order valence-electron chi connectivity index (χ4n) is 2.23. The van der Waals surface area contributed by atoms with E-state index < -0.39 is 0 Å². The van der Waals surface area contributed by atoms with Crippen LogP contribution in [0.2, 0.25) is 0 Å². The standard InChI is InChI=1S/C13H11NO.C8H13NO/c15-13(11-7-3-1-4-8-11)14-12-9-5-2-6-10-12;1-10-7-9-8-5-3-2-4-6-8/h1-10H,(H,14,15);2-3,5,9H,4,6-7H2,1H3. The third-order valence-electron chi connectivity index (χ3n) is 3.53. The molecule has 2 aromatic carbocycles. The van der Waals surface area contributed by atoms with Gasteiger partial charge in [-0.25, -0.2) is 0 Å². The van der Waals surface area contributed by atoms with Crippen LogP contribution in [0.5, 0.6) is 0 Å². The lowest BCUT2D eigenvalue weighted by molar-refractivity contribution is 0.102. The maximum Gasteiger partial charge on any atom is 0.255 e. The molecule has 0 unspecified atom stereocenters. The van der Waals surface area contributed by atoms with Crippen LogP contribution in [0.1, 0.15) is 23.2 Å². The van der Waals surface area contributed by atoms with E-state index in [1.165, 1.54) is 5.70 Å². The Bertz CT molecular complexity index is 694. The number of nitrogens with one attached hydrogen (secondary N) is 2. The third-order valence-corrected chi connectivity index (χ3v) is 3.53. The molecule has 0 fully saturated rings. The largest absolute Gasteiger partial charge is 0.366 e. The predicted molar refractivity (Wildman–Crippen MR) is 102 cm³/mol. The van der Waals surface area contributed by atoms with Crippen molar-refractivity contribution in [1.82, 2.24) is 5.32 Å². The molecule has 0 aliphatic heterocycles. The highest BCUT2D eigenvalue weighted by Crippen LogP contribution is 2.08. The lowest BCUT2D eigenvalue weighted by Crippen LogP contribution is -2.16. The Morgan fingerprint density at radius 3 is 2.32 bits per heavy atom. The van der Waals surface area contributed by atoms with E-state index in [0.717, 1.165) is 18.5 Å². The van der Waals surface area contributed by atoms with Crippen molar-refractivity contribution in [3.8, 4) is 0 Å². The SMILES string of the molecule is COCNC1=CC=CCC1.O=C(Nc1ccccc1)c1ccccc1. The van der Waals surface area contributed by atoms with Gasteiger partial charge in [0, 0.05) is 24.1 Å². The number of hydrogen-bond donors (Lipinski definition) is 2. The number of hydrogen-bond acceptors (Lipinski definition) is 3. The van der Waals surface area contributed by atoms with Gasteiger partial charge in [0.25, 0.3) is 5.91 Å². The van der Waals surface area contributed by atoms with E-state index in [1.807, 2.05) is 48.5 Å². The molecule has 1 aliphatic rings. The van der Waals surface area contributed by atoms with Gasteiger partial charge in [0.2, 0.25) is 0 Å². The van der Waals surface area contributed by atoms with Crippen LogP contribution in [0.25, 0.3) is 0 Å². The van der Waals surface area contributed by atoms with Gasteiger partial charge < -0.3 is 15.4 Å². The highest BCUT2D eigenvalue weighted by Gasteiger charge is 2.03. The smallest absolute Gasteiger partial charge is 0.255 e. The number of anilines is 1. The average molecular weight is 336 g/mol. The highest BCUT2D eigenvalue weighted by molar-refractivity contribution is 6.04. The molecule has 0 bridgehead atoms. The van der Waals surface area contributed by atoms with Gasteiger partial charge in [-0.2, -0.15) is 0 Å². The highest BCUT2D eigenvalue weighted by atomic mass is 16.5. The zero-order valence-corrected chi connectivity index (χ0v) is 14.4. The number of benzene rings is 2. The van der Waals surface area contributed by atoms with Gasteiger partial charge in [0.1, 0.15) is 6.73 Å². The van der Waals surface area contributed by atoms with E-state index in [-0.39, 0.29) is 5.91 Å². The molecule has 3 rings (SSSR count). The van der Waals surface area contributed by atoms with E-state index in [9.17, 15) is 4.79 Å². The number of carbonyl (C=O) groups excluding carboxylic acids is 1. The Labute approximate surface area is 149 Å². The Balaban J connectivity index is 0.000000196. The summed E-state index contributed by atoms with van der Waals surface area (Å²) in [6.07, 6.45) is 8.57. The van der Waals surface area contributed by atoms with E-state index >= 15 is 0 Å². The van der Waals surface area contributed by atoms with E-state index in [2.05, 4.69) is 28.9 Å². The van der Waals surface area contributed by atoms with E-state index in [0.29, 0.717) is 12.3 Å².